The Hall–Kier alpha value is -1.42. The number of ether oxygens (including phenoxy) is 1. The highest BCUT2D eigenvalue weighted by molar-refractivity contribution is 5.79. The average Bonchev–Trinajstić information content (AvgIpc) is 2.34. The molecule has 1 unspecified atom stereocenters. The van der Waals surface area contributed by atoms with E-state index in [0.29, 0.717) is 5.56 Å². The maximum atomic E-state index is 13.9. The SMILES string of the molecule is CNC(c1ccccc1F)C1(C(=O)OC)CCC1. The van der Waals surface area contributed by atoms with Crippen LogP contribution in [0.25, 0.3) is 0 Å². The predicted molar refractivity (Wildman–Crippen MR) is 66.5 cm³/mol. The van der Waals surface area contributed by atoms with Crippen molar-refractivity contribution in [1.82, 2.24) is 5.32 Å². The van der Waals surface area contributed by atoms with Crippen molar-refractivity contribution in [1.29, 1.82) is 0 Å². The monoisotopic (exact) mass is 251 g/mol. The summed E-state index contributed by atoms with van der Waals surface area (Å²) in [6.07, 6.45) is 2.45. The zero-order chi connectivity index (χ0) is 13.2. The van der Waals surface area contributed by atoms with E-state index in [1.165, 1.54) is 13.2 Å². The van der Waals surface area contributed by atoms with Crippen molar-refractivity contribution in [2.75, 3.05) is 14.2 Å². The highest BCUT2D eigenvalue weighted by Crippen LogP contribution is 2.51. The van der Waals surface area contributed by atoms with Crippen LogP contribution in [-0.4, -0.2) is 20.1 Å². The lowest BCUT2D eigenvalue weighted by atomic mass is 9.62. The molecular formula is C14H18FNO2. The number of carbonyl (C=O) groups is 1. The van der Waals surface area contributed by atoms with Crippen molar-refractivity contribution in [2.24, 2.45) is 5.41 Å². The van der Waals surface area contributed by atoms with Gasteiger partial charge in [-0.25, -0.2) is 4.39 Å². The third-order valence-electron chi connectivity index (χ3n) is 3.90. The molecule has 0 heterocycles. The Morgan fingerprint density at radius 3 is 2.56 bits per heavy atom. The van der Waals surface area contributed by atoms with Crippen LogP contribution in [0, 0.1) is 11.2 Å². The van der Waals surface area contributed by atoms with E-state index in [1.54, 1.807) is 25.2 Å². The number of methoxy groups -OCH3 is 1. The molecule has 1 atom stereocenters. The summed E-state index contributed by atoms with van der Waals surface area (Å²) >= 11 is 0. The second kappa shape index (κ2) is 5.06. The van der Waals surface area contributed by atoms with Gasteiger partial charge in [0, 0.05) is 5.56 Å². The minimum atomic E-state index is -0.619. The fraction of sp³-hybridized carbons (Fsp3) is 0.500. The van der Waals surface area contributed by atoms with E-state index in [1.807, 2.05) is 0 Å². The lowest BCUT2D eigenvalue weighted by molar-refractivity contribution is -0.161. The van der Waals surface area contributed by atoms with Crippen molar-refractivity contribution in [3.63, 3.8) is 0 Å². The fourth-order valence-corrected chi connectivity index (χ4v) is 2.81. The summed E-state index contributed by atoms with van der Waals surface area (Å²) in [5.74, 6) is -0.539. The molecule has 0 radical (unpaired) electrons. The summed E-state index contributed by atoms with van der Waals surface area (Å²) in [6, 6.07) is 6.24. The lowest BCUT2D eigenvalue weighted by Crippen LogP contribution is -2.48. The number of nitrogens with one attached hydrogen (secondary N) is 1. The second-order valence-corrected chi connectivity index (χ2v) is 4.74. The zero-order valence-electron chi connectivity index (χ0n) is 10.7. The molecule has 1 aliphatic carbocycles. The molecule has 3 nitrogen and oxygen atoms in total. The Kier molecular flexibility index (Phi) is 3.66. The number of benzene rings is 1. The van der Waals surface area contributed by atoms with Crippen molar-refractivity contribution >= 4 is 5.97 Å². The molecule has 1 saturated carbocycles. The summed E-state index contributed by atoms with van der Waals surface area (Å²) in [5.41, 5.74) is -0.0869. The van der Waals surface area contributed by atoms with Crippen molar-refractivity contribution in [3.05, 3.63) is 35.6 Å². The molecule has 18 heavy (non-hydrogen) atoms. The van der Waals surface area contributed by atoms with Gasteiger partial charge in [-0.15, -0.1) is 0 Å². The van der Waals surface area contributed by atoms with Gasteiger partial charge >= 0.3 is 5.97 Å². The quantitative estimate of drug-likeness (QED) is 0.835. The third kappa shape index (κ3) is 1.90. The van der Waals surface area contributed by atoms with Crippen LogP contribution in [-0.2, 0) is 9.53 Å². The van der Waals surface area contributed by atoms with E-state index in [4.69, 9.17) is 4.74 Å². The maximum Gasteiger partial charge on any atom is 0.313 e. The lowest BCUT2D eigenvalue weighted by Gasteiger charge is -2.45. The van der Waals surface area contributed by atoms with Gasteiger partial charge in [-0.05, 0) is 26.0 Å². The highest BCUT2D eigenvalue weighted by atomic mass is 19.1. The summed E-state index contributed by atoms with van der Waals surface area (Å²) < 4.78 is 18.8. The third-order valence-corrected chi connectivity index (χ3v) is 3.90. The molecule has 0 bridgehead atoms. The largest absolute Gasteiger partial charge is 0.469 e. The summed E-state index contributed by atoms with van der Waals surface area (Å²) in [7, 11) is 3.14. The average molecular weight is 251 g/mol. The number of esters is 1. The molecule has 98 valence electrons. The van der Waals surface area contributed by atoms with E-state index in [9.17, 15) is 9.18 Å². The molecule has 2 rings (SSSR count). The summed E-state index contributed by atoms with van der Waals surface area (Å²) in [6.45, 7) is 0. The van der Waals surface area contributed by atoms with Crippen LogP contribution < -0.4 is 5.32 Å². The van der Waals surface area contributed by atoms with Gasteiger partial charge in [-0.1, -0.05) is 24.6 Å². The summed E-state index contributed by atoms with van der Waals surface area (Å²) in [4.78, 5) is 12.0. The molecule has 0 spiro atoms. The van der Waals surface area contributed by atoms with E-state index >= 15 is 0 Å². The first kappa shape index (κ1) is 13.0. The fourth-order valence-electron chi connectivity index (χ4n) is 2.81. The predicted octanol–water partition coefficient (Wildman–Crippen LogP) is 2.43. The van der Waals surface area contributed by atoms with Gasteiger partial charge in [0.25, 0.3) is 0 Å². The molecule has 0 amide bonds. The van der Waals surface area contributed by atoms with Crippen LogP contribution in [0.15, 0.2) is 24.3 Å². The maximum absolute atomic E-state index is 13.9. The first-order chi connectivity index (χ1) is 8.65. The molecule has 0 aliphatic heterocycles. The van der Waals surface area contributed by atoms with E-state index < -0.39 is 5.41 Å². The van der Waals surface area contributed by atoms with E-state index in [-0.39, 0.29) is 17.8 Å². The van der Waals surface area contributed by atoms with Gasteiger partial charge in [0.1, 0.15) is 5.82 Å². The first-order valence-corrected chi connectivity index (χ1v) is 6.16. The van der Waals surface area contributed by atoms with Gasteiger partial charge in [0.05, 0.1) is 18.6 Å². The van der Waals surface area contributed by atoms with Gasteiger partial charge in [-0.2, -0.15) is 0 Å². The Labute approximate surface area is 106 Å². The second-order valence-electron chi connectivity index (χ2n) is 4.74. The molecule has 1 fully saturated rings. The molecular weight excluding hydrogens is 233 g/mol. The number of carbonyl (C=O) groups excluding carboxylic acids is 1. The van der Waals surface area contributed by atoms with Crippen LogP contribution in [0.4, 0.5) is 4.39 Å². The molecule has 1 N–H and O–H groups in total. The highest BCUT2D eigenvalue weighted by Gasteiger charge is 2.52. The normalized spacial score (nSPS) is 18.8. The van der Waals surface area contributed by atoms with Gasteiger partial charge in [-0.3, -0.25) is 4.79 Å². The molecule has 1 aliphatic rings. The minimum Gasteiger partial charge on any atom is -0.469 e. The molecule has 0 aromatic heterocycles. The van der Waals surface area contributed by atoms with Gasteiger partial charge < -0.3 is 10.1 Å². The van der Waals surface area contributed by atoms with Crippen LogP contribution >= 0.6 is 0 Å². The van der Waals surface area contributed by atoms with Crippen LogP contribution in [0.2, 0.25) is 0 Å². The summed E-state index contributed by atoms with van der Waals surface area (Å²) in [5, 5.41) is 3.08. The van der Waals surface area contributed by atoms with Crippen LogP contribution in [0.5, 0.6) is 0 Å². The van der Waals surface area contributed by atoms with Crippen LogP contribution in [0.3, 0.4) is 0 Å². The number of rotatable bonds is 4. The van der Waals surface area contributed by atoms with Crippen molar-refractivity contribution in [3.8, 4) is 0 Å². The Balaban J connectivity index is 2.39. The van der Waals surface area contributed by atoms with Crippen molar-refractivity contribution < 1.29 is 13.9 Å². The Morgan fingerprint density at radius 2 is 2.11 bits per heavy atom. The van der Waals surface area contributed by atoms with E-state index in [2.05, 4.69) is 5.32 Å². The molecule has 4 heteroatoms. The number of hydrogen-bond acceptors (Lipinski definition) is 3. The van der Waals surface area contributed by atoms with Gasteiger partial charge in [0.2, 0.25) is 0 Å². The van der Waals surface area contributed by atoms with Crippen LogP contribution in [0.1, 0.15) is 30.9 Å². The van der Waals surface area contributed by atoms with Crippen molar-refractivity contribution in [2.45, 2.75) is 25.3 Å². The standard InChI is InChI=1S/C14H18FNO2/c1-16-12(10-6-3-4-7-11(10)15)14(8-5-9-14)13(17)18-2/h3-4,6-7,12,16H,5,8-9H2,1-2H3. The van der Waals surface area contributed by atoms with E-state index in [0.717, 1.165) is 19.3 Å². The minimum absolute atomic E-state index is 0.253. The topological polar surface area (TPSA) is 38.3 Å². The van der Waals surface area contributed by atoms with Gasteiger partial charge in [0.15, 0.2) is 0 Å². The first-order valence-electron chi connectivity index (χ1n) is 6.16. The molecule has 1 aromatic carbocycles. The molecule has 1 aromatic rings. The molecule has 0 saturated heterocycles. The number of hydrogen-bond donors (Lipinski definition) is 1. The smallest absolute Gasteiger partial charge is 0.313 e. The zero-order valence-corrected chi connectivity index (χ0v) is 10.7. The Morgan fingerprint density at radius 1 is 1.44 bits per heavy atom. The Bertz CT molecular complexity index is 443. The number of halogens is 1.